The van der Waals surface area contributed by atoms with E-state index in [9.17, 15) is 0 Å². The van der Waals surface area contributed by atoms with Gasteiger partial charge in [-0.2, -0.15) is 0 Å². The van der Waals surface area contributed by atoms with Gasteiger partial charge in [-0.1, -0.05) is 0 Å². The molecule has 0 N–H and O–H groups in total. The van der Waals surface area contributed by atoms with Gasteiger partial charge in [0.05, 0.1) is 0 Å². The number of aromatic nitrogens is 1. The van der Waals surface area contributed by atoms with Gasteiger partial charge in [0.15, 0.2) is 0 Å². The van der Waals surface area contributed by atoms with Crippen molar-refractivity contribution in [3.8, 4) is 0 Å². The minimum Gasteiger partial charge on any atom is -0.306 e. The van der Waals surface area contributed by atoms with Crippen molar-refractivity contribution in [3.05, 3.63) is 29.6 Å². The van der Waals surface area contributed by atoms with E-state index in [4.69, 9.17) is 0 Å². The van der Waals surface area contributed by atoms with Gasteiger partial charge in [0, 0.05) is 24.5 Å². The highest BCUT2D eigenvalue weighted by Gasteiger charge is 2.44. The van der Waals surface area contributed by atoms with Crippen LogP contribution in [0.4, 0.5) is 0 Å². The maximum Gasteiger partial charge on any atom is 0.0489 e. The van der Waals surface area contributed by atoms with Crippen LogP contribution in [0.1, 0.15) is 24.0 Å². The van der Waals surface area contributed by atoms with Crippen molar-refractivity contribution < 1.29 is 0 Å². The largest absolute Gasteiger partial charge is 0.306 e. The summed E-state index contributed by atoms with van der Waals surface area (Å²) in [6.07, 6.45) is 6.48. The first kappa shape index (κ1) is 10.2. The number of nitrogens with zero attached hydrogens (tertiary/aromatic N) is 3. The van der Waals surface area contributed by atoms with Crippen molar-refractivity contribution in [3.63, 3.8) is 0 Å². The van der Waals surface area contributed by atoms with Gasteiger partial charge in [-0.3, -0.25) is 9.88 Å². The zero-order valence-corrected chi connectivity index (χ0v) is 10.1. The average molecular weight is 217 g/mol. The molecule has 1 saturated heterocycles. The van der Waals surface area contributed by atoms with Crippen LogP contribution in [-0.2, 0) is 12.1 Å². The minimum atomic E-state index is 0.296. The zero-order valence-electron chi connectivity index (χ0n) is 10.1. The molecule has 3 heteroatoms. The molecule has 2 aliphatic heterocycles. The van der Waals surface area contributed by atoms with Crippen LogP contribution in [0.5, 0.6) is 0 Å². The molecule has 3 heterocycles. The van der Waals surface area contributed by atoms with Gasteiger partial charge in [0.25, 0.3) is 0 Å². The third-order valence-corrected chi connectivity index (χ3v) is 4.36. The summed E-state index contributed by atoms with van der Waals surface area (Å²) < 4.78 is 0. The van der Waals surface area contributed by atoms with Crippen LogP contribution in [0.3, 0.4) is 0 Å². The normalized spacial score (nSPS) is 24.9. The van der Waals surface area contributed by atoms with Gasteiger partial charge < -0.3 is 4.90 Å². The van der Waals surface area contributed by atoms with Gasteiger partial charge in [0.1, 0.15) is 0 Å². The number of hydrogen-bond donors (Lipinski definition) is 0. The lowest BCUT2D eigenvalue weighted by molar-refractivity contribution is 0.0577. The Kier molecular flexibility index (Phi) is 2.26. The Morgan fingerprint density at radius 2 is 2.00 bits per heavy atom. The summed E-state index contributed by atoms with van der Waals surface area (Å²) in [5.41, 5.74) is 3.25. The van der Waals surface area contributed by atoms with Crippen LogP contribution >= 0.6 is 0 Å². The van der Waals surface area contributed by atoms with Crippen LogP contribution in [0.2, 0.25) is 0 Å². The Morgan fingerprint density at radius 1 is 1.25 bits per heavy atom. The number of pyridine rings is 1. The lowest BCUT2D eigenvalue weighted by Crippen LogP contribution is -2.47. The summed E-state index contributed by atoms with van der Waals surface area (Å²) in [5.74, 6) is 0. The molecule has 0 saturated carbocycles. The van der Waals surface area contributed by atoms with Crippen LogP contribution < -0.4 is 0 Å². The Labute approximate surface area is 97.1 Å². The molecule has 3 nitrogen and oxygen atoms in total. The summed E-state index contributed by atoms with van der Waals surface area (Å²) in [5, 5.41) is 0. The Morgan fingerprint density at radius 3 is 2.75 bits per heavy atom. The van der Waals surface area contributed by atoms with Crippen molar-refractivity contribution in [2.75, 3.05) is 27.2 Å². The number of fused-ring (bicyclic) bond motifs is 2. The lowest BCUT2D eigenvalue weighted by atomic mass is 9.81. The predicted molar refractivity (Wildman–Crippen MR) is 64.1 cm³/mol. The molecule has 1 spiro atoms. The smallest absolute Gasteiger partial charge is 0.0489 e. The second-order valence-electron chi connectivity index (χ2n) is 5.22. The minimum absolute atomic E-state index is 0.296. The lowest BCUT2D eigenvalue weighted by Gasteiger charge is -2.43. The van der Waals surface area contributed by atoms with Crippen molar-refractivity contribution in [2.24, 2.45) is 0 Å². The molecule has 0 radical (unpaired) electrons. The fourth-order valence-corrected chi connectivity index (χ4v) is 3.26. The van der Waals surface area contributed by atoms with E-state index in [1.54, 1.807) is 0 Å². The van der Waals surface area contributed by atoms with Gasteiger partial charge in [-0.05, 0) is 57.2 Å². The highest BCUT2D eigenvalue weighted by molar-refractivity contribution is 5.36. The molecule has 0 amide bonds. The van der Waals surface area contributed by atoms with E-state index >= 15 is 0 Å². The summed E-state index contributed by atoms with van der Waals surface area (Å²) in [4.78, 5) is 9.20. The molecular weight excluding hydrogens is 198 g/mol. The topological polar surface area (TPSA) is 19.4 Å². The van der Waals surface area contributed by atoms with Gasteiger partial charge in [-0.15, -0.1) is 0 Å². The number of piperidine rings is 1. The predicted octanol–water partition coefficient (Wildman–Crippen LogP) is 1.45. The standard InChI is InChI=1S/C13H19N3/c1-15-7-4-13(5-8-15)12-3-6-14-9-11(12)10-16(13)2/h3,6,9H,4-5,7-8,10H2,1-2H3. The Balaban J connectivity index is 2.01. The van der Waals surface area contributed by atoms with Crippen molar-refractivity contribution in [1.82, 2.24) is 14.8 Å². The first-order valence-electron chi connectivity index (χ1n) is 6.05. The van der Waals surface area contributed by atoms with Gasteiger partial charge in [0.2, 0.25) is 0 Å². The number of rotatable bonds is 0. The SMILES string of the molecule is CN1CCC2(CC1)c1ccncc1CN2C. The highest BCUT2D eigenvalue weighted by Crippen LogP contribution is 2.44. The second-order valence-corrected chi connectivity index (χ2v) is 5.22. The molecule has 0 atom stereocenters. The molecule has 2 aliphatic rings. The van der Waals surface area contributed by atoms with Crippen LogP contribution in [0.25, 0.3) is 0 Å². The summed E-state index contributed by atoms with van der Waals surface area (Å²) in [6.45, 7) is 3.46. The molecule has 1 aromatic heterocycles. The highest BCUT2D eigenvalue weighted by atomic mass is 15.2. The molecule has 16 heavy (non-hydrogen) atoms. The molecule has 0 unspecified atom stereocenters. The van der Waals surface area contributed by atoms with Crippen LogP contribution in [0, 0.1) is 0 Å². The van der Waals surface area contributed by atoms with E-state index in [0.717, 1.165) is 6.54 Å². The van der Waals surface area contributed by atoms with E-state index in [1.165, 1.54) is 37.1 Å². The molecule has 0 bridgehead atoms. The van der Waals surface area contributed by atoms with Crippen molar-refractivity contribution in [1.29, 1.82) is 0 Å². The Hall–Kier alpha value is -0.930. The molecule has 0 aliphatic carbocycles. The van der Waals surface area contributed by atoms with E-state index in [2.05, 4.69) is 34.9 Å². The second kappa shape index (κ2) is 3.54. The van der Waals surface area contributed by atoms with E-state index in [-0.39, 0.29) is 0 Å². The zero-order chi connectivity index (χ0) is 11.2. The Bertz CT molecular complexity index is 394. The first-order valence-corrected chi connectivity index (χ1v) is 6.05. The molecular formula is C13H19N3. The summed E-state index contributed by atoms with van der Waals surface area (Å²) in [6, 6.07) is 2.23. The average Bonchev–Trinajstić information content (AvgIpc) is 2.57. The maximum absolute atomic E-state index is 4.25. The third kappa shape index (κ3) is 1.31. The van der Waals surface area contributed by atoms with Gasteiger partial charge >= 0.3 is 0 Å². The van der Waals surface area contributed by atoms with Gasteiger partial charge in [-0.25, -0.2) is 0 Å². The molecule has 1 fully saturated rings. The number of likely N-dealkylation sites (tertiary alicyclic amines) is 1. The summed E-state index contributed by atoms with van der Waals surface area (Å²) >= 11 is 0. The van der Waals surface area contributed by atoms with Crippen LogP contribution in [-0.4, -0.2) is 42.0 Å². The molecule has 3 rings (SSSR count). The molecule has 86 valence electrons. The quantitative estimate of drug-likeness (QED) is 0.655. The van der Waals surface area contributed by atoms with Crippen LogP contribution in [0.15, 0.2) is 18.5 Å². The fourth-order valence-electron chi connectivity index (χ4n) is 3.26. The number of hydrogen-bond acceptors (Lipinski definition) is 3. The van der Waals surface area contributed by atoms with E-state index < -0.39 is 0 Å². The van der Waals surface area contributed by atoms with E-state index in [0.29, 0.717) is 5.54 Å². The monoisotopic (exact) mass is 217 g/mol. The maximum atomic E-state index is 4.25. The molecule has 1 aromatic rings. The summed E-state index contributed by atoms with van der Waals surface area (Å²) in [7, 11) is 4.47. The fraction of sp³-hybridized carbons (Fsp3) is 0.615. The van der Waals surface area contributed by atoms with E-state index in [1.807, 2.05) is 12.4 Å². The first-order chi connectivity index (χ1) is 7.72. The third-order valence-electron chi connectivity index (χ3n) is 4.36. The van der Waals surface area contributed by atoms with Crippen molar-refractivity contribution in [2.45, 2.75) is 24.9 Å². The molecule has 0 aromatic carbocycles. The van der Waals surface area contributed by atoms with Crippen molar-refractivity contribution >= 4 is 0 Å².